The normalized spacial score (nSPS) is 14.3. The lowest BCUT2D eigenvalue weighted by Crippen LogP contribution is -2.21. The minimum atomic E-state index is -0.189. The molecule has 116 valence electrons. The van der Waals surface area contributed by atoms with Crippen LogP contribution in [0.15, 0.2) is 0 Å². The number of carbonyl (C=O) groups is 1. The van der Waals surface area contributed by atoms with E-state index in [1.54, 1.807) is 6.92 Å². The van der Waals surface area contributed by atoms with Gasteiger partial charge in [-0.15, -0.1) is 0 Å². The minimum absolute atomic E-state index is 0.180. The lowest BCUT2D eigenvalue weighted by molar-refractivity contribution is -0.143. The zero-order valence-electron chi connectivity index (χ0n) is 12.1. The Morgan fingerprint density at radius 2 is 2.10 bits per heavy atom. The van der Waals surface area contributed by atoms with E-state index in [1.165, 1.54) is 0 Å². The second-order valence-electron chi connectivity index (χ2n) is 4.76. The monoisotopic (exact) mass is 313 g/mol. The fourth-order valence-electron chi connectivity index (χ4n) is 2.14. The van der Waals surface area contributed by atoms with Crippen LogP contribution >= 0.6 is 11.6 Å². The maximum Gasteiger partial charge on any atom is 0.305 e. The standard InChI is InChI=1S/C13H20ClN5O2/c1-2-21-10(20)6-5-7-15-12-16-11(14)17-13(18-12)19-8-3-4-9-19/h2-9H2,1H3,(H,15,16,17,18). The molecule has 0 saturated carbocycles. The molecule has 0 radical (unpaired) electrons. The van der Waals surface area contributed by atoms with E-state index in [0.717, 1.165) is 25.9 Å². The number of aromatic nitrogens is 3. The van der Waals surface area contributed by atoms with E-state index in [0.29, 0.717) is 37.9 Å². The number of esters is 1. The molecule has 0 spiro atoms. The third-order valence-electron chi connectivity index (χ3n) is 3.13. The third kappa shape index (κ3) is 5.00. The van der Waals surface area contributed by atoms with Crippen molar-refractivity contribution in [1.82, 2.24) is 15.0 Å². The maximum absolute atomic E-state index is 11.2. The van der Waals surface area contributed by atoms with Crippen molar-refractivity contribution in [3.63, 3.8) is 0 Å². The summed E-state index contributed by atoms with van der Waals surface area (Å²) >= 11 is 5.93. The highest BCUT2D eigenvalue weighted by molar-refractivity contribution is 6.28. The molecule has 0 unspecified atom stereocenters. The van der Waals surface area contributed by atoms with Crippen LogP contribution in [0.5, 0.6) is 0 Å². The molecular weight excluding hydrogens is 294 g/mol. The van der Waals surface area contributed by atoms with Gasteiger partial charge < -0.3 is 15.0 Å². The van der Waals surface area contributed by atoms with E-state index in [2.05, 4.69) is 25.2 Å². The number of rotatable bonds is 7. The number of ether oxygens (including phenoxy) is 1. The van der Waals surface area contributed by atoms with Crippen molar-refractivity contribution in [3.05, 3.63) is 5.28 Å². The van der Waals surface area contributed by atoms with Crippen molar-refractivity contribution in [1.29, 1.82) is 0 Å². The van der Waals surface area contributed by atoms with E-state index in [4.69, 9.17) is 16.3 Å². The lowest BCUT2D eigenvalue weighted by Gasteiger charge is -2.15. The first-order valence-corrected chi connectivity index (χ1v) is 7.63. The molecule has 0 amide bonds. The number of nitrogens with zero attached hydrogens (tertiary/aromatic N) is 4. The molecule has 0 aliphatic carbocycles. The van der Waals surface area contributed by atoms with E-state index in [9.17, 15) is 4.79 Å². The average Bonchev–Trinajstić information content (AvgIpc) is 2.97. The lowest BCUT2D eigenvalue weighted by atomic mass is 10.3. The highest BCUT2D eigenvalue weighted by Gasteiger charge is 2.16. The van der Waals surface area contributed by atoms with Crippen LogP contribution in [0.3, 0.4) is 0 Å². The number of anilines is 2. The molecule has 21 heavy (non-hydrogen) atoms. The second-order valence-corrected chi connectivity index (χ2v) is 5.10. The van der Waals surface area contributed by atoms with Crippen molar-refractivity contribution in [2.24, 2.45) is 0 Å². The van der Waals surface area contributed by atoms with Crippen LogP contribution in [0, 0.1) is 0 Å². The van der Waals surface area contributed by atoms with Crippen molar-refractivity contribution in [2.45, 2.75) is 32.6 Å². The van der Waals surface area contributed by atoms with Gasteiger partial charge in [-0.3, -0.25) is 4.79 Å². The minimum Gasteiger partial charge on any atom is -0.466 e. The first kappa shape index (κ1) is 15.8. The van der Waals surface area contributed by atoms with Crippen molar-refractivity contribution >= 4 is 29.5 Å². The first-order chi connectivity index (χ1) is 10.2. The van der Waals surface area contributed by atoms with Gasteiger partial charge in [0.05, 0.1) is 6.61 Å². The van der Waals surface area contributed by atoms with E-state index in [-0.39, 0.29) is 11.3 Å². The molecule has 2 heterocycles. The molecule has 1 aliphatic rings. The largest absolute Gasteiger partial charge is 0.466 e. The Labute approximate surface area is 129 Å². The summed E-state index contributed by atoms with van der Waals surface area (Å²) in [6, 6.07) is 0. The highest BCUT2D eigenvalue weighted by Crippen LogP contribution is 2.18. The van der Waals surface area contributed by atoms with Gasteiger partial charge in [0.15, 0.2) is 0 Å². The van der Waals surface area contributed by atoms with Crippen LogP contribution in [0.25, 0.3) is 0 Å². The summed E-state index contributed by atoms with van der Waals surface area (Å²) in [5.41, 5.74) is 0. The number of hydrogen-bond donors (Lipinski definition) is 1. The van der Waals surface area contributed by atoms with Gasteiger partial charge in [0.2, 0.25) is 17.2 Å². The van der Waals surface area contributed by atoms with Gasteiger partial charge in [-0.05, 0) is 37.8 Å². The Morgan fingerprint density at radius 1 is 1.33 bits per heavy atom. The summed E-state index contributed by atoms with van der Waals surface area (Å²) in [5.74, 6) is 0.867. The van der Waals surface area contributed by atoms with Crippen LogP contribution in [0.2, 0.25) is 5.28 Å². The Morgan fingerprint density at radius 3 is 2.81 bits per heavy atom. The van der Waals surface area contributed by atoms with Gasteiger partial charge in [0.1, 0.15) is 0 Å². The Bertz CT molecular complexity index is 480. The zero-order chi connectivity index (χ0) is 15.1. The van der Waals surface area contributed by atoms with Gasteiger partial charge in [0.25, 0.3) is 0 Å². The SMILES string of the molecule is CCOC(=O)CCCNc1nc(Cl)nc(N2CCCC2)n1. The van der Waals surface area contributed by atoms with Gasteiger partial charge in [-0.25, -0.2) is 0 Å². The van der Waals surface area contributed by atoms with Gasteiger partial charge in [0, 0.05) is 26.1 Å². The average molecular weight is 314 g/mol. The topological polar surface area (TPSA) is 80.2 Å². The first-order valence-electron chi connectivity index (χ1n) is 7.25. The van der Waals surface area contributed by atoms with Gasteiger partial charge >= 0.3 is 5.97 Å². The van der Waals surface area contributed by atoms with Gasteiger partial charge in [-0.2, -0.15) is 15.0 Å². The Hall–Kier alpha value is -1.63. The number of nitrogens with one attached hydrogen (secondary N) is 1. The van der Waals surface area contributed by atoms with Gasteiger partial charge in [-0.1, -0.05) is 0 Å². The molecular formula is C13H20ClN5O2. The predicted octanol–water partition coefficient (Wildman–Crippen LogP) is 1.88. The van der Waals surface area contributed by atoms with Crippen molar-refractivity contribution in [2.75, 3.05) is 36.5 Å². The molecule has 1 N–H and O–H groups in total. The van der Waals surface area contributed by atoms with E-state index >= 15 is 0 Å². The molecule has 1 aromatic rings. The molecule has 7 nitrogen and oxygen atoms in total. The number of halogens is 1. The Kier molecular flexibility index (Phi) is 5.98. The molecule has 8 heteroatoms. The summed E-state index contributed by atoms with van der Waals surface area (Å²) in [6.45, 7) is 4.68. The summed E-state index contributed by atoms with van der Waals surface area (Å²) in [5, 5.41) is 3.25. The van der Waals surface area contributed by atoms with Crippen molar-refractivity contribution in [3.8, 4) is 0 Å². The predicted molar refractivity (Wildman–Crippen MR) is 80.6 cm³/mol. The second kappa shape index (κ2) is 7.97. The van der Waals surface area contributed by atoms with Crippen LogP contribution in [0.1, 0.15) is 32.6 Å². The fraction of sp³-hybridized carbons (Fsp3) is 0.692. The van der Waals surface area contributed by atoms with Crippen LogP contribution in [-0.4, -0.2) is 47.2 Å². The third-order valence-corrected chi connectivity index (χ3v) is 3.30. The quantitative estimate of drug-likeness (QED) is 0.608. The van der Waals surface area contributed by atoms with E-state index in [1.807, 2.05) is 0 Å². The fourth-order valence-corrected chi connectivity index (χ4v) is 2.30. The van der Waals surface area contributed by atoms with E-state index < -0.39 is 0 Å². The molecule has 0 aromatic carbocycles. The van der Waals surface area contributed by atoms with Crippen LogP contribution < -0.4 is 10.2 Å². The molecule has 1 aliphatic heterocycles. The molecule has 1 saturated heterocycles. The smallest absolute Gasteiger partial charge is 0.305 e. The maximum atomic E-state index is 11.2. The molecule has 2 rings (SSSR count). The Balaban J connectivity index is 1.84. The van der Waals surface area contributed by atoms with Crippen molar-refractivity contribution < 1.29 is 9.53 Å². The summed E-state index contributed by atoms with van der Waals surface area (Å²) in [7, 11) is 0. The summed E-state index contributed by atoms with van der Waals surface area (Å²) < 4.78 is 4.86. The number of carbonyl (C=O) groups excluding carboxylic acids is 1. The number of hydrogen-bond acceptors (Lipinski definition) is 7. The zero-order valence-corrected chi connectivity index (χ0v) is 12.9. The van der Waals surface area contributed by atoms with Crippen LogP contribution in [-0.2, 0) is 9.53 Å². The van der Waals surface area contributed by atoms with Crippen LogP contribution in [0.4, 0.5) is 11.9 Å². The molecule has 0 bridgehead atoms. The molecule has 1 fully saturated rings. The highest BCUT2D eigenvalue weighted by atomic mass is 35.5. The molecule has 1 aromatic heterocycles. The molecule has 0 atom stereocenters. The summed E-state index contributed by atoms with van der Waals surface area (Å²) in [6.07, 6.45) is 3.32. The summed E-state index contributed by atoms with van der Waals surface area (Å²) in [4.78, 5) is 25.9.